The fourth-order valence-corrected chi connectivity index (χ4v) is 2.74. The zero-order valence-corrected chi connectivity index (χ0v) is 12.5. The van der Waals surface area contributed by atoms with Gasteiger partial charge in [0.15, 0.2) is 0 Å². The molecule has 0 spiro atoms. The van der Waals surface area contributed by atoms with Crippen LogP contribution in [0.1, 0.15) is 32.1 Å². The second-order valence-corrected chi connectivity index (χ2v) is 5.82. The van der Waals surface area contributed by atoms with Gasteiger partial charge in [-0.2, -0.15) is 0 Å². The summed E-state index contributed by atoms with van der Waals surface area (Å²) in [5, 5.41) is 13.9. The molecule has 1 aliphatic carbocycles. The highest BCUT2D eigenvalue weighted by molar-refractivity contribution is 6.38. The topological polar surface area (TPSA) is 116 Å². The molecular weight excluding hydrogens is 290 g/mol. The minimum Gasteiger partial charge on any atom is -0.465 e. The molecule has 0 radical (unpaired) electrons. The number of carbonyl (C=O) groups is 4. The first-order valence-electron chi connectivity index (χ1n) is 7.50. The number of ketones is 1. The van der Waals surface area contributed by atoms with E-state index in [0.717, 1.165) is 17.7 Å². The number of Topliss-reactive ketones (excluding diaryl/α,β-unsaturated/α-hetero) is 1. The van der Waals surface area contributed by atoms with Crippen molar-refractivity contribution in [2.45, 2.75) is 44.2 Å². The number of rotatable bonds is 6. The number of nitrogens with zero attached hydrogens (tertiary/aromatic N) is 1. The number of carbonyl (C=O) groups excluding carboxylic acids is 3. The smallest absolute Gasteiger partial charge is 0.407 e. The Labute approximate surface area is 128 Å². The molecule has 2 rings (SSSR count). The molecule has 122 valence electrons. The molecular formula is C14H21N3O5. The third-order valence-corrected chi connectivity index (χ3v) is 4.15. The fraction of sp³-hybridized carbons (Fsp3) is 0.714. The summed E-state index contributed by atoms with van der Waals surface area (Å²) in [5.74, 6) is -1.57. The van der Waals surface area contributed by atoms with Crippen molar-refractivity contribution in [2.75, 3.05) is 13.6 Å². The van der Waals surface area contributed by atoms with Gasteiger partial charge in [0.05, 0.1) is 6.04 Å². The molecule has 1 saturated carbocycles. The van der Waals surface area contributed by atoms with Crippen LogP contribution < -0.4 is 10.6 Å². The van der Waals surface area contributed by atoms with Crippen LogP contribution in [0.2, 0.25) is 0 Å². The van der Waals surface area contributed by atoms with Crippen LogP contribution in [-0.2, 0) is 14.4 Å². The van der Waals surface area contributed by atoms with Crippen LogP contribution in [0, 0.1) is 5.92 Å². The molecule has 1 heterocycles. The van der Waals surface area contributed by atoms with Crippen molar-refractivity contribution in [3.8, 4) is 0 Å². The highest BCUT2D eigenvalue weighted by Gasteiger charge is 2.38. The number of nitrogens with one attached hydrogen (secondary N) is 2. The molecule has 3 amide bonds. The van der Waals surface area contributed by atoms with Crippen LogP contribution in [0.4, 0.5) is 4.79 Å². The van der Waals surface area contributed by atoms with Gasteiger partial charge in [-0.3, -0.25) is 19.3 Å². The van der Waals surface area contributed by atoms with Crippen molar-refractivity contribution in [2.24, 2.45) is 5.92 Å². The summed E-state index contributed by atoms with van der Waals surface area (Å²) < 4.78 is 0. The van der Waals surface area contributed by atoms with Gasteiger partial charge in [0.1, 0.15) is 6.04 Å². The van der Waals surface area contributed by atoms with E-state index in [1.165, 1.54) is 7.05 Å². The van der Waals surface area contributed by atoms with E-state index in [2.05, 4.69) is 10.6 Å². The van der Waals surface area contributed by atoms with Crippen molar-refractivity contribution in [1.82, 2.24) is 15.5 Å². The van der Waals surface area contributed by atoms with E-state index in [1.54, 1.807) is 0 Å². The summed E-state index contributed by atoms with van der Waals surface area (Å²) >= 11 is 0. The molecule has 0 aromatic rings. The zero-order valence-electron chi connectivity index (χ0n) is 12.5. The van der Waals surface area contributed by atoms with Crippen LogP contribution in [-0.4, -0.2) is 59.4 Å². The molecule has 0 aromatic carbocycles. The van der Waals surface area contributed by atoms with Crippen LogP contribution in [0.3, 0.4) is 0 Å². The van der Waals surface area contributed by atoms with Gasteiger partial charge < -0.3 is 15.7 Å². The van der Waals surface area contributed by atoms with Crippen molar-refractivity contribution in [3.63, 3.8) is 0 Å². The SMILES string of the molecule is CNC(=O)C(=O)[C@H](CC1CC1)NC(=O)C1CCCN1C(=O)O. The molecule has 0 aromatic heterocycles. The molecule has 2 fully saturated rings. The molecule has 1 saturated heterocycles. The Hall–Kier alpha value is -2.12. The summed E-state index contributed by atoms with van der Waals surface area (Å²) in [5.41, 5.74) is 0. The number of likely N-dealkylation sites (N-methyl/N-ethyl adjacent to an activating group) is 1. The lowest BCUT2D eigenvalue weighted by Crippen LogP contribution is -2.53. The van der Waals surface area contributed by atoms with Crippen LogP contribution in [0.5, 0.6) is 0 Å². The second kappa shape index (κ2) is 6.76. The van der Waals surface area contributed by atoms with E-state index in [-0.39, 0.29) is 0 Å². The van der Waals surface area contributed by atoms with E-state index in [4.69, 9.17) is 5.11 Å². The molecule has 8 nitrogen and oxygen atoms in total. The molecule has 0 bridgehead atoms. The Kier molecular flexibility index (Phi) is 4.99. The quantitative estimate of drug-likeness (QED) is 0.584. The van der Waals surface area contributed by atoms with Gasteiger partial charge in [-0.05, 0) is 25.2 Å². The maximum absolute atomic E-state index is 12.3. The van der Waals surface area contributed by atoms with E-state index in [1.807, 2.05) is 0 Å². The Morgan fingerprint density at radius 2 is 1.91 bits per heavy atom. The largest absolute Gasteiger partial charge is 0.465 e. The molecule has 22 heavy (non-hydrogen) atoms. The van der Waals surface area contributed by atoms with Crippen molar-refractivity contribution < 1.29 is 24.3 Å². The first-order chi connectivity index (χ1) is 10.4. The average Bonchev–Trinajstić information content (AvgIpc) is 3.16. The van der Waals surface area contributed by atoms with Gasteiger partial charge in [-0.1, -0.05) is 12.8 Å². The maximum Gasteiger partial charge on any atom is 0.407 e. The lowest BCUT2D eigenvalue weighted by molar-refractivity contribution is -0.140. The number of likely N-dealkylation sites (tertiary alicyclic amines) is 1. The third-order valence-electron chi connectivity index (χ3n) is 4.15. The summed E-state index contributed by atoms with van der Waals surface area (Å²) in [6, 6.07) is -1.66. The molecule has 1 aliphatic heterocycles. The first-order valence-corrected chi connectivity index (χ1v) is 7.50. The third kappa shape index (κ3) is 3.75. The summed E-state index contributed by atoms with van der Waals surface area (Å²) in [7, 11) is 1.36. The fourth-order valence-electron chi connectivity index (χ4n) is 2.74. The highest BCUT2D eigenvalue weighted by Crippen LogP contribution is 2.33. The molecule has 2 aliphatic rings. The van der Waals surface area contributed by atoms with Gasteiger partial charge in [-0.25, -0.2) is 4.79 Å². The molecule has 1 unspecified atom stereocenters. The minimum atomic E-state index is -1.14. The first kappa shape index (κ1) is 16.3. The summed E-state index contributed by atoms with van der Waals surface area (Å²) in [6.07, 6.45) is 2.30. The maximum atomic E-state index is 12.3. The number of hydrogen-bond donors (Lipinski definition) is 3. The van der Waals surface area contributed by atoms with Gasteiger partial charge in [0.25, 0.3) is 5.91 Å². The number of amides is 3. The predicted molar refractivity (Wildman–Crippen MR) is 76.1 cm³/mol. The van der Waals surface area contributed by atoms with Crippen LogP contribution in [0.25, 0.3) is 0 Å². The standard InChI is InChI=1S/C14H21N3O5/c1-15-13(20)11(18)9(7-8-4-5-8)16-12(19)10-3-2-6-17(10)14(21)22/h8-10H,2-7H2,1H3,(H,15,20)(H,16,19)(H,21,22)/t9-,10?/m0/s1. The lowest BCUT2D eigenvalue weighted by Gasteiger charge is -2.23. The van der Waals surface area contributed by atoms with E-state index in [0.29, 0.717) is 31.7 Å². The van der Waals surface area contributed by atoms with Gasteiger partial charge >= 0.3 is 6.09 Å². The average molecular weight is 311 g/mol. The van der Waals surface area contributed by atoms with E-state index < -0.39 is 35.8 Å². The number of hydrogen-bond acceptors (Lipinski definition) is 4. The van der Waals surface area contributed by atoms with Crippen molar-refractivity contribution >= 4 is 23.7 Å². The second-order valence-electron chi connectivity index (χ2n) is 5.82. The van der Waals surface area contributed by atoms with Crippen LogP contribution >= 0.6 is 0 Å². The van der Waals surface area contributed by atoms with Crippen LogP contribution in [0.15, 0.2) is 0 Å². The van der Waals surface area contributed by atoms with Gasteiger partial charge in [0, 0.05) is 13.6 Å². The number of carboxylic acid groups (broad SMARTS) is 1. The Bertz CT molecular complexity index is 489. The van der Waals surface area contributed by atoms with Gasteiger partial charge in [0.2, 0.25) is 11.7 Å². The predicted octanol–water partition coefficient (Wildman–Crippen LogP) is -0.271. The molecule has 3 N–H and O–H groups in total. The zero-order chi connectivity index (χ0) is 16.3. The van der Waals surface area contributed by atoms with E-state index in [9.17, 15) is 19.2 Å². The monoisotopic (exact) mass is 311 g/mol. The normalized spacial score (nSPS) is 22.0. The molecule has 2 atom stereocenters. The Balaban J connectivity index is 2.02. The van der Waals surface area contributed by atoms with Crippen molar-refractivity contribution in [1.29, 1.82) is 0 Å². The Morgan fingerprint density at radius 1 is 1.23 bits per heavy atom. The summed E-state index contributed by atoms with van der Waals surface area (Å²) in [6.45, 7) is 0.310. The summed E-state index contributed by atoms with van der Waals surface area (Å²) in [4.78, 5) is 48.0. The van der Waals surface area contributed by atoms with Crippen molar-refractivity contribution in [3.05, 3.63) is 0 Å². The highest BCUT2D eigenvalue weighted by atomic mass is 16.4. The minimum absolute atomic E-state index is 0.310. The lowest BCUT2D eigenvalue weighted by atomic mass is 10.0. The Morgan fingerprint density at radius 3 is 2.45 bits per heavy atom. The van der Waals surface area contributed by atoms with E-state index >= 15 is 0 Å². The molecule has 8 heteroatoms. The van der Waals surface area contributed by atoms with Gasteiger partial charge in [-0.15, -0.1) is 0 Å².